The molecule has 5 nitrogen and oxygen atoms in total. The number of amides is 1. The van der Waals surface area contributed by atoms with Crippen molar-refractivity contribution in [2.75, 3.05) is 20.2 Å². The maximum absolute atomic E-state index is 12.2. The number of carbonyl (C=O) groups excluding carboxylic acids is 1. The van der Waals surface area contributed by atoms with Crippen LogP contribution in [0.4, 0.5) is 0 Å². The Morgan fingerprint density at radius 2 is 1.77 bits per heavy atom. The number of hydrogen-bond donors (Lipinski definition) is 0. The molecule has 5 heteroatoms. The van der Waals surface area contributed by atoms with E-state index in [0.29, 0.717) is 31.9 Å². The highest BCUT2D eigenvalue weighted by Crippen LogP contribution is 2.20. The van der Waals surface area contributed by atoms with Crippen LogP contribution in [0.2, 0.25) is 0 Å². The Morgan fingerprint density at radius 3 is 2.50 bits per heavy atom. The first-order valence-electron chi connectivity index (χ1n) is 8.64. The second kappa shape index (κ2) is 8.85. The number of aromatic nitrogens is 1. The van der Waals surface area contributed by atoms with Gasteiger partial charge in [0.15, 0.2) is 11.7 Å². The highest BCUT2D eigenvalue weighted by Gasteiger charge is 2.12. The Bertz CT molecular complexity index is 816. The third-order valence-corrected chi connectivity index (χ3v) is 4.03. The minimum absolute atomic E-state index is 0.0427. The molecule has 134 valence electrons. The maximum atomic E-state index is 12.2. The van der Waals surface area contributed by atoms with E-state index in [9.17, 15) is 4.79 Å². The van der Waals surface area contributed by atoms with Crippen molar-refractivity contribution in [1.29, 1.82) is 0 Å². The fourth-order valence-electron chi connectivity index (χ4n) is 2.51. The highest BCUT2D eigenvalue weighted by atomic mass is 16.5. The van der Waals surface area contributed by atoms with Gasteiger partial charge in [-0.2, -0.15) is 0 Å². The van der Waals surface area contributed by atoms with Gasteiger partial charge in [0.1, 0.15) is 12.4 Å². The summed E-state index contributed by atoms with van der Waals surface area (Å²) < 4.78 is 11.3. The standard InChI is InChI=1S/C21H22N2O3/c1-23(14-15-25-18-10-6-3-7-11-18)21(24)13-12-20-22-16-19(26-20)17-8-4-2-5-9-17/h2-11,16H,12-15H2,1H3. The van der Waals surface area contributed by atoms with Crippen molar-refractivity contribution in [2.24, 2.45) is 0 Å². The number of benzene rings is 2. The summed E-state index contributed by atoms with van der Waals surface area (Å²) in [5.74, 6) is 2.14. The van der Waals surface area contributed by atoms with Crippen molar-refractivity contribution < 1.29 is 13.9 Å². The normalized spacial score (nSPS) is 10.5. The summed E-state index contributed by atoms with van der Waals surface area (Å²) in [6.07, 6.45) is 2.54. The molecule has 0 bridgehead atoms. The van der Waals surface area contributed by atoms with Crippen LogP contribution in [0, 0.1) is 0 Å². The van der Waals surface area contributed by atoms with Gasteiger partial charge in [-0.05, 0) is 12.1 Å². The summed E-state index contributed by atoms with van der Waals surface area (Å²) in [5.41, 5.74) is 0.979. The minimum atomic E-state index is 0.0427. The van der Waals surface area contributed by atoms with Crippen molar-refractivity contribution in [3.63, 3.8) is 0 Å². The molecule has 0 aliphatic carbocycles. The number of oxazole rings is 1. The zero-order chi connectivity index (χ0) is 18.2. The van der Waals surface area contributed by atoms with Gasteiger partial charge in [-0.25, -0.2) is 4.98 Å². The lowest BCUT2D eigenvalue weighted by molar-refractivity contribution is -0.130. The zero-order valence-corrected chi connectivity index (χ0v) is 14.8. The van der Waals surface area contributed by atoms with Crippen LogP contribution in [-0.2, 0) is 11.2 Å². The Kier molecular flexibility index (Phi) is 6.04. The number of para-hydroxylation sites is 1. The molecule has 0 aliphatic heterocycles. The van der Waals surface area contributed by atoms with E-state index in [-0.39, 0.29) is 5.91 Å². The molecule has 0 unspecified atom stereocenters. The van der Waals surface area contributed by atoms with Crippen molar-refractivity contribution in [3.8, 4) is 17.1 Å². The molecular weight excluding hydrogens is 328 g/mol. The van der Waals surface area contributed by atoms with E-state index in [1.807, 2.05) is 60.7 Å². The second-order valence-electron chi connectivity index (χ2n) is 5.96. The fraction of sp³-hybridized carbons (Fsp3) is 0.238. The first-order chi connectivity index (χ1) is 12.7. The highest BCUT2D eigenvalue weighted by molar-refractivity contribution is 5.76. The first kappa shape index (κ1) is 17.7. The van der Waals surface area contributed by atoms with Crippen molar-refractivity contribution in [3.05, 3.63) is 72.8 Å². The lowest BCUT2D eigenvalue weighted by Gasteiger charge is -2.17. The molecule has 0 spiro atoms. The molecule has 0 fully saturated rings. The van der Waals surface area contributed by atoms with E-state index in [1.165, 1.54) is 0 Å². The lowest BCUT2D eigenvalue weighted by atomic mass is 10.2. The summed E-state index contributed by atoms with van der Waals surface area (Å²) in [7, 11) is 1.78. The van der Waals surface area contributed by atoms with Crippen molar-refractivity contribution >= 4 is 5.91 Å². The molecule has 0 saturated carbocycles. The van der Waals surface area contributed by atoms with E-state index in [2.05, 4.69) is 4.98 Å². The number of nitrogens with zero attached hydrogens (tertiary/aromatic N) is 2. The Hall–Kier alpha value is -3.08. The molecule has 3 rings (SSSR count). The molecular formula is C21H22N2O3. The molecule has 2 aromatic carbocycles. The molecule has 0 saturated heterocycles. The number of likely N-dealkylation sites (N-methyl/N-ethyl adjacent to an activating group) is 1. The molecule has 0 aliphatic rings. The van der Waals surface area contributed by atoms with Gasteiger partial charge in [-0.3, -0.25) is 4.79 Å². The van der Waals surface area contributed by atoms with Gasteiger partial charge >= 0.3 is 0 Å². The predicted molar refractivity (Wildman–Crippen MR) is 99.8 cm³/mol. The van der Waals surface area contributed by atoms with E-state index >= 15 is 0 Å². The number of carbonyl (C=O) groups is 1. The SMILES string of the molecule is CN(CCOc1ccccc1)C(=O)CCc1ncc(-c2ccccc2)o1. The van der Waals surface area contributed by atoms with Gasteiger partial charge in [0.05, 0.1) is 12.7 Å². The summed E-state index contributed by atoms with van der Waals surface area (Å²) in [5, 5.41) is 0. The molecule has 0 atom stereocenters. The van der Waals surface area contributed by atoms with Crippen molar-refractivity contribution in [1.82, 2.24) is 9.88 Å². The topological polar surface area (TPSA) is 55.6 Å². The Morgan fingerprint density at radius 1 is 1.08 bits per heavy atom. The van der Waals surface area contributed by atoms with Crippen LogP contribution < -0.4 is 4.74 Å². The minimum Gasteiger partial charge on any atom is -0.492 e. The van der Waals surface area contributed by atoms with Crippen LogP contribution >= 0.6 is 0 Å². The van der Waals surface area contributed by atoms with Crippen LogP contribution in [0.25, 0.3) is 11.3 Å². The van der Waals surface area contributed by atoms with Gasteiger partial charge in [-0.1, -0.05) is 48.5 Å². The molecule has 26 heavy (non-hydrogen) atoms. The molecule has 0 radical (unpaired) electrons. The second-order valence-corrected chi connectivity index (χ2v) is 5.96. The average Bonchev–Trinajstić information content (AvgIpc) is 3.16. The van der Waals surface area contributed by atoms with Gasteiger partial charge in [0.25, 0.3) is 0 Å². The molecule has 0 N–H and O–H groups in total. The van der Waals surface area contributed by atoms with Gasteiger partial charge in [0.2, 0.25) is 5.91 Å². The smallest absolute Gasteiger partial charge is 0.222 e. The number of hydrogen-bond acceptors (Lipinski definition) is 4. The summed E-state index contributed by atoms with van der Waals surface area (Å²) in [6, 6.07) is 19.4. The summed E-state index contributed by atoms with van der Waals surface area (Å²) >= 11 is 0. The van der Waals surface area contributed by atoms with Crippen LogP contribution in [0.5, 0.6) is 5.75 Å². The number of ether oxygens (including phenoxy) is 1. The average molecular weight is 350 g/mol. The van der Waals surface area contributed by atoms with Gasteiger partial charge in [0, 0.05) is 25.5 Å². The van der Waals surface area contributed by atoms with E-state index in [4.69, 9.17) is 9.15 Å². The van der Waals surface area contributed by atoms with Crippen LogP contribution in [0.3, 0.4) is 0 Å². The zero-order valence-electron chi connectivity index (χ0n) is 14.8. The monoisotopic (exact) mass is 350 g/mol. The molecule has 1 aromatic heterocycles. The van der Waals surface area contributed by atoms with E-state index in [0.717, 1.165) is 17.1 Å². The number of aryl methyl sites for hydroxylation is 1. The molecule has 3 aromatic rings. The lowest BCUT2D eigenvalue weighted by Crippen LogP contribution is -2.31. The van der Waals surface area contributed by atoms with E-state index < -0.39 is 0 Å². The third kappa shape index (κ3) is 4.96. The van der Waals surface area contributed by atoms with Crippen LogP contribution in [0.1, 0.15) is 12.3 Å². The van der Waals surface area contributed by atoms with E-state index in [1.54, 1.807) is 18.1 Å². The number of rotatable bonds is 8. The third-order valence-electron chi connectivity index (χ3n) is 4.03. The van der Waals surface area contributed by atoms with Gasteiger partial charge < -0.3 is 14.1 Å². The Labute approximate surface area is 153 Å². The van der Waals surface area contributed by atoms with Gasteiger partial charge in [-0.15, -0.1) is 0 Å². The van der Waals surface area contributed by atoms with Crippen LogP contribution in [0.15, 0.2) is 71.3 Å². The quantitative estimate of drug-likeness (QED) is 0.620. The summed E-state index contributed by atoms with van der Waals surface area (Å²) in [4.78, 5) is 18.2. The van der Waals surface area contributed by atoms with Crippen LogP contribution in [-0.4, -0.2) is 36.0 Å². The summed E-state index contributed by atoms with van der Waals surface area (Å²) in [6.45, 7) is 0.998. The predicted octanol–water partition coefficient (Wildman–Crippen LogP) is 3.81. The maximum Gasteiger partial charge on any atom is 0.222 e. The fourth-order valence-corrected chi connectivity index (χ4v) is 2.51. The Balaban J connectivity index is 1.42. The molecule has 1 amide bonds. The molecule has 1 heterocycles. The van der Waals surface area contributed by atoms with Crippen molar-refractivity contribution in [2.45, 2.75) is 12.8 Å². The first-order valence-corrected chi connectivity index (χ1v) is 8.64. The largest absolute Gasteiger partial charge is 0.492 e.